The summed E-state index contributed by atoms with van der Waals surface area (Å²) in [6.45, 7) is 0. The Balaban J connectivity index is 2.25. The molecular weight excluding hydrogens is 236 g/mol. The molecule has 1 heterocycles. The van der Waals surface area contributed by atoms with Gasteiger partial charge in [-0.25, -0.2) is 4.79 Å². The Hall–Kier alpha value is -2.63. The van der Waals surface area contributed by atoms with Gasteiger partial charge in [-0.2, -0.15) is 5.10 Å². The van der Waals surface area contributed by atoms with Crippen molar-refractivity contribution in [2.24, 2.45) is 0 Å². The molecule has 18 heavy (non-hydrogen) atoms. The van der Waals surface area contributed by atoms with Crippen LogP contribution in [-0.2, 0) is 0 Å². The largest absolute Gasteiger partial charge is 0.497 e. The molecule has 92 valence electrons. The zero-order valence-electron chi connectivity index (χ0n) is 9.53. The van der Waals surface area contributed by atoms with Crippen LogP contribution in [0.5, 0.6) is 17.4 Å². The highest BCUT2D eigenvalue weighted by molar-refractivity contribution is 5.90. The predicted molar refractivity (Wildman–Crippen MR) is 62.1 cm³/mol. The van der Waals surface area contributed by atoms with Crippen molar-refractivity contribution in [1.29, 1.82) is 0 Å². The first-order chi connectivity index (χ1) is 8.70. The fourth-order valence-electron chi connectivity index (χ4n) is 1.31. The predicted octanol–water partition coefficient (Wildman–Crippen LogP) is 1.98. The molecule has 1 N–H and O–H groups in total. The lowest BCUT2D eigenvalue weighted by Gasteiger charge is -2.06. The van der Waals surface area contributed by atoms with Crippen LogP contribution in [0.2, 0.25) is 0 Å². The van der Waals surface area contributed by atoms with Gasteiger partial charge in [-0.15, -0.1) is 5.10 Å². The molecule has 2 rings (SSSR count). The summed E-state index contributed by atoms with van der Waals surface area (Å²) in [5.74, 6) is -0.0256. The first-order valence-corrected chi connectivity index (χ1v) is 5.07. The second kappa shape index (κ2) is 5.13. The lowest BCUT2D eigenvalue weighted by atomic mass is 10.3. The van der Waals surface area contributed by atoms with Crippen molar-refractivity contribution in [2.45, 2.75) is 0 Å². The third kappa shape index (κ3) is 2.54. The summed E-state index contributed by atoms with van der Waals surface area (Å²) in [4.78, 5) is 10.9. The molecule has 0 saturated heterocycles. The van der Waals surface area contributed by atoms with Crippen LogP contribution >= 0.6 is 0 Å². The fourth-order valence-corrected chi connectivity index (χ4v) is 1.31. The van der Waals surface area contributed by atoms with Gasteiger partial charge in [-0.1, -0.05) is 0 Å². The van der Waals surface area contributed by atoms with Crippen molar-refractivity contribution in [3.8, 4) is 17.4 Å². The van der Waals surface area contributed by atoms with Crippen molar-refractivity contribution >= 4 is 5.97 Å². The summed E-state index contributed by atoms with van der Waals surface area (Å²) >= 11 is 0. The maximum Gasteiger partial charge on any atom is 0.341 e. The number of rotatable bonds is 4. The van der Waals surface area contributed by atoms with Crippen LogP contribution in [0.4, 0.5) is 0 Å². The lowest BCUT2D eigenvalue weighted by Crippen LogP contribution is -2.02. The summed E-state index contributed by atoms with van der Waals surface area (Å²) in [7, 11) is 1.56. The first kappa shape index (κ1) is 11.8. The summed E-state index contributed by atoms with van der Waals surface area (Å²) in [6, 6.07) is 8.03. The molecule has 0 fully saturated rings. The van der Waals surface area contributed by atoms with Crippen LogP contribution in [0, 0.1) is 0 Å². The van der Waals surface area contributed by atoms with E-state index in [-0.39, 0.29) is 11.4 Å². The van der Waals surface area contributed by atoms with Gasteiger partial charge in [-0.3, -0.25) is 0 Å². The molecule has 0 saturated carbocycles. The van der Waals surface area contributed by atoms with Gasteiger partial charge < -0.3 is 14.6 Å². The number of carbonyl (C=O) groups is 1. The number of carboxylic acids is 1. The summed E-state index contributed by atoms with van der Waals surface area (Å²) < 4.78 is 10.4. The van der Waals surface area contributed by atoms with E-state index in [9.17, 15) is 4.79 Å². The minimum Gasteiger partial charge on any atom is -0.497 e. The van der Waals surface area contributed by atoms with E-state index in [2.05, 4.69) is 10.2 Å². The molecule has 0 unspecified atom stereocenters. The van der Waals surface area contributed by atoms with Gasteiger partial charge in [0.25, 0.3) is 5.88 Å². The third-order valence-electron chi connectivity index (χ3n) is 2.19. The van der Waals surface area contributed by atoms with E-state index in [1.807, 2.05) is 0 Å². The Labute approximate surface area is 103 Å². The SMILES string of the molecule is COc1ccc(Oc2nnccc2C(=O)O)cc1. The zero-order valence-corrected chi connectivity index (χ0v) is 9.53. The Bertz CT molecular complexity index is 554. The Kier molecular flexibility index (Phi) is 3.38. The fraction of sp³-hybridized carbons (Fsp3) is 0.0833. The first-order valence-electron chi connectivity index (χ1n) is 5.07. The van der Waals surface area contributed by atoms with Gasteiger partial charge in [0.05, 0.1) is 13.3 Å². The van der Waals surface area contributed by atoms with Gasteiger partial charge in [0.15, 0.2) is 0 Å². The third-order valence-corrected chi connectivity index (χ3v) is 2.19. The van der Waals surface area contributed by atoms with Crippen molar-refractivity contribution in [3.63, 3.8) is 0 Å². The molecule has 0 aliphatic rings. The van der Waals surface area contributed by atoms with Gasteiger partial charge >= 0.3 is 5.97 Å². The molecule has 6 heteroatoms. The van der Waals surface area contributed by atoms with Crippen molar-refractivity contribution in [2.75, 3.05) is 7.11 Å². The van der Waals surface area contributed by atoms with Gasteiger partial charge in [0, 0.05) is 0 Å². The van der Waals surface area contributed by atoms with Crippen LogP contribution in [0.3, 0.4) is 0 Å². The molecule has 0 aliphatic carbocycles. The normalized spacial score (nSPS) is 9.83. The van der Waals surface area contributed by atoms with E-state index in [4.69, 9.17) is 14.6 Å². The average Bonchev–Trinajstić information content (AvgIpc) is 2.40. The molecule has 0 aliphatic heterocycles. The van der Waals surface area contributed by atoms with E-state index >= 15 is 0 Å². The van der Waals surface area contributed by atoms with Crippen molar-refractivity contribution in [1.82, 2.24) is 10.2 Å². The van der Waals surface area contributed by atoms with Crippen molar-refractivity contribution in [3.05, 3.63) is 42.1 Å². The second-order valence-corrected chi connectivity index (χ2v) is 3.33. The molecule has 2 aromatic rings. The maximum absolute atomic E-state index is 10.9. The Morgan fingerprint density at radius 1 is 1.17 bits per heavy atom. The quantitative estimate of drug-likeness (QED) is 0.888. The topological polar surface area (TPSA) is 81.5 Å². The van der Waals surface area contributed by atoms with Crippen molar-refractivity contribution < 1.29 is 19.4 Å². The van der Waals surface area contributed by atoms with E-state index in [0.717, 1.165) is 0 Å². The number of ether oxygens (including phenoxy) is 2. The maximum atomic E-state index is 10.9. The number of hydrogen-bond acceptors (Lipinski definition) is 5. The average molecular weight is 246 g/mol. The summed E-state index contributed by atoms with van der Waals surface area (Å²) in [5.41, 5.74) is -0.0409. The van der Waals surface area contributed by atoms with Crippen LogP contribution in [-0.4, -0.2) is 28.4 Å². The second-order valence-electron chi connectivity index (χ2n) is 3.33. The molecule has 0 amide bonds. The minimum absolute atomic E-state index is 0.0409. The van der Waals surface area contributed by atoms with Crippen LogP contribution in [0.1, 0.15) is 10.4 Å². The Morgan fingerprint density at radius 2 is 1.83 bits per heavy atom. The molecule has 6 nitrogen and oxygen atoms in total. The number of methoxy groups -OCH3 is 1. The van der Waals surface area contributed by atoms with E-state index in [1.54, 1.807) is 31.4 Å². The highest BCUT2D eigenvalue weighted by atomic mass is 16.5. The van der Waals surface area contributed by atoms with E-state index in [1.165, 1.54) is 12.3 Å². The van der Waals surface area contributed by atoms with Crippen LogP contribution in [0.15, 0.2) is 36.5 Å². The molecule has 0 spiro atoms. The lowest BCUT2D eigenvalue weighted by molar-refractivity contribution is 0.0693. The highest BCUT2D eigenvalue weighted by Crippen LogP contribution is 2.24. The highest BCUT2D eigenvalue weighted by Gasteiger charge is 2.13. The number of benzene rings is 1. The van der Waals surface area contributed by atoms with Gasteiger partial charge in [-0.05, 0) is 30.3 Å². The van der Waals surface area contributed by atoms with Gasteiger partial charge in [0.2, 0.25) is 0 Å². The number of hydrogen-bond donors (Lipinski definition) is 1. The molecule has 0 atom stereocenters. The molecule has 0 radical (unpaired) electrons. The monoisotopic (exact) mass is 246 g/mol. The standard InChI is InChI=1S/C12H10N2O4/c1-17-8-2-4-9(5-3-8)18-11-10(12(15)16)6-7-13-14-11/h2-7H,1H3,(H,15,16). The summed E-state index contributed by atoms with van der Waals surface area (Å²) in [6.07, 6.45) is 1.30. The summed E-state index contributed by atoms with van der Waals surface area (Å²) in [5, 5.41) is 16.2. The van der Waals surface area contributed by atoms with E-state index < -0.39 is 5.97 Å². The molecule has 1 aromatic heterocycles. The van der Waals surface area contributed by atoms with E-state index in [0.29, 0.717) is 11.5 Å². The zero-order chi connectivity index (χ0) is 13.0. The Morgan fingerprint density at radius 3 is 2.44 bits per heavy atom. The molecule has 1 aromatic carbocycles. The molecular formula is C12H10N2O4. The smallest absolute Gasteiger partial charge is 0.341 e. The minimum atomic E-state index is -1.12. The van der Waals surface area contributed by atoms with Gasteiger partial charge in [0.1, 0.15) is 17.1 Å². The number of aromatic carboxylic acids is 1. The number of nitrogens with zero attached hydrogens (tertiary/aromatic N) is 2. The molecule has 0 bridgehead atoms. The van der Waals surface area contributed by atoms with Crippen LogP contribution in [0.25, 0.3) is 0 Å². The van der Waals surface area contributed by atoms with Crippen LogP contribution < -0.4 is 9.47 Å². The number of carboxylic acid groups (broad SMARTS) is 1. The number of aromatic nitrogens is 2.